The second kappa shape index (κ2) is 7.96. The number of carboxylic acid groups (broad SMARTS) is 1. The van der Waals surface area contributed by atoms with Crippen LogP contribution in [-0.4, -0.2) is 46.5 Å². The van der Waals surface area contributed by atoms with Crippen LogP contribution in [0.1, 0.15) is 26.7 Å². The van der Waals surface area contributed by atoms with Crippen molar-refractivity contribution in [1.29, 1.82) is 0 Å². The summed E-state index contributed by atoms with van der Waals surface area (Å²) in [6.07, 6.45) is 1.39. The molecule has 0 saturated carbocycles. The van der Waals surface area contributed by atoms with Crippen LogP contribution in [0.15, 0.2) is 0 Å². The zero-order valence-corrected chi connectivity index (χ0v) is 10.3. The molecule has 0 aromatic heterocycles. The molecule has 0 aliphatic rings. The van der Waals surface area contributed by atoms with Crippen LogP contribution in [0.4, 0.5) is 0 Å². The van der Waals surface area contributed by atoms with Crippen molar-refractivity contribution in [2.75, 3.05) is 12.0 Å². The Labute approximate surface area is 95.0 Å². The molecule has 0 heterocycles. The van der Waals surface area contributed by atoms with E-state index in [4.69, 9.17) is 9.84 Å². The molecule has 2 N–H and O–H groups in total. The molecule has 0 aliphatic carbocycles. The summed E-state index contributed by atoms with van der Waals surface area (Å²) in [6.45, 7) is 3.26. The van der Waals surface area contributed by atoms with Gasteiger partial charge in [-0.2, -0.15) is 11.8 Å². The molecule has 15 heavy (non-hydrogen) atoms. The first-order chi connectivity index (χ1) is 6.99. The Bertz CT molecular complexity index is 184. The summed E-state index contributed by atoms with van der Waals surface area (Å²) in [5.74, 6) is -0.0282. The van der Waals surface area contributed by atoms with Crippen LogP contribution in [0.2, 0.25) is 0 Å². The van der Waals surface area contributed by atoms with E-state index in [9.17, 15) is 9.90 Å². The predicted molar refractivity (Wildman–Crippen MR) is 61.3 cm³/mol. The standard InChI is InChI=1S/C10H20O4S/c1-7(11)8(2)14-9(10(12)13)5-4-6-15-3/h7-9,11H,4-6H2,1-3H3,(H,12,13). The van der Waals surface area contributed by atoms with Crippen molar-refractivity contribution in [3.05, 3.63) is 0 Å². The van der Waals surface area contributed by atoms with Crippen LogP contribution in [-0.2, 0) is 9.53 Å². The minimum Gasteiger partial charge on any atom is -0.479 e. The molecule has 0 rings (SSSR count). The fourth-order valence-electron chi connectivity index (χ4n) is 1.04. The summed E-state index contributed by atoms with van der Waals surface area (Å²) in [5, 5.41) is 18.1. The van der Waals surface area contributed by atoms with E-state index in [0.29, 0.717) is 6.42 Å². The lowest BCUT2D eigenvalue weighted by molar-refractivity contribution is -0.158. The Kier molecular flexibility index (Phi) is 7.82. The van der Waals surface area contributed by atoms with Crippen LogP contribution >= 0.6 is 11.8 Å². The van der Waals surface area contributed by atoms with Gasteiger partial charge >= 0.3 is 5.97 Å². The van der Waals surface area contributed by atoms with Gasteiger partial charge in [0.05, 0.1) is 12.2 Å². The largest absolute Gasteiger partial charge is 0.479 e. The topological polar surface area (TPSA) is 66.8 Å². The molecule has 0 spiro atoms. The van der Waals surface area contributed by atoms with Crippen molar-refractivity contribution < 1.29 is 19.7 Å². The van der Waals surface area contributed by atoms with Crippen molar-refractivity contribution in [3.8, 4) is 0 Å². The quantitative estimate of drug-likeness (QED) is 0.623. The molecule has 0 aliphatic heterocycles. The van der Waals surface area contributed by atoms with Crippen LogP contribution in [0.25, 0.3) is 0 Å². The smallest absolute Gasteiger partial charge is 0.332 e. The average Bonchev–Trinajstić information content (AvgIpc) is 2.15. The highest BCUT2D eigenvalue weighted by atomic mass is 32.2. The average molecular weight is 236 g/mol. The van der Waals surface area contributed by atoms with Crippen molar-refractivity contribution in [2.24, 2.45) is 0 Å². The summed E-state index contributed by atoms with van der Waals surface area (Å²) in [7, 11) is 0. The molecule has 0 aromatic carbocycles. The van der Waals surface area contributed by atoms with Gasteiger partial charge in [0.15, 0.2) is 6.10 Å². The van der Waals surface area contributed by atoms with Crippen LogP contribution < -0.4 is 0 Å². The monoisotopic (exact) mass is 236 g/mol. The van der Waals surface area contributed by atoms with E-state index in [2.05, 4.69) is 0 Å². The number of aliphatic hydroxyl groups excluding tert-OH is 1. The first-order valence-corrected chi connectivity index (χ1v) is 6.43. The molecule has 0 aromatic rings. The van der Waals surface area contributed by atoms with Crippen molar-refractivity contribution in [2.45, 2.75) is 45.0 Å². The second-order valence-corrected chi connectivity index (χ2v) is 4.53. The molecule has 0 saturated heterocycles. The van der Waals surface area contributed by atoms with Gasteiger partial charge in [0.25, 0.3) is 0 Å². The molecule has 0 fully saturated rings. The van der Waals surface area contributed by atoms with Crippen molar-refractivity contribution >= 4 is 17.7 Å². The summed E-state index contributed by atoms with van der Waals surface area (Å²) < 4.78 is 5.26. The molecular formula is C10H20O4S. The molecule has 0 amide bonds. The minimum absolute atomic E-state index is 0.444. The lowest BCUT2D eigenvalue weighted by Crippen LogP contribution is -2.33. The third-order valence-corrected chi connectivity index (χ3v) is 2.85. The number of hydrogen-bond donors (Lipinski definition) is 2. The van der Waals surface area contributed by atoms with E-state index in [-0.39, 0.29) is 0 Å². The predicted octanol–water partition coefficient (Wildman–Crippen LogP) is 1.37. The molecular weight excluding hydrogens is 216 g/mol. The lowest BCUT2D eigenvalue weighted by Gasteiger charge is -2.21. The number of carbonyl (C=O) groups is 1. The summed E-state index contributed by atoms with van der Waals surface area (Å²) in [5.41, 5.74) is 0. The SMILES string of the molecule is CSCCCC(OC(C)C(C)O)C(=O)O. The maximum atomic E-state index is 10.8. The maximum Gasteiger partial charge on any atom is 0.332 e. The number of hydrogen-bond acceptors (Lipinski definition) is 4. The van der Waals surface area contributed by atoms with E-state index >= 15 is 0 Å². The number of rotatable bonds is 8. The normalized spacial score (nSPS) is 17.1. The number of carboxylic acids is 1. The zero-order valence-electron chi connectivity index (χ0n) is 9.47. The fourth-order valence-corrected chi connectivity index (χ4v) is 1.49. The molecule has 0 bridgehead atoms. The van der Waals surface area contributed by atoms with Gasteiger partial charge in [-0.15, -0.1) is 0 Å². The van der Waals surface area contributed by atoms with Gasteiger partial charge in [-0.1, -0.05) is 0 Å². The Morgan fingerprint density at radius 2 is 2.07 bits per heavy atom. The van der Waals surface area contributed by atoms with Gasteiger partial charge in [0, 0.05) is 0 Å². The van der Waals surface area contributed by atoms with E-state index in [1.54, 1.807) is 25.6 Å². The Balaban J connectivity index is 3.99. The Morgan fingerprint density at radius 3 is 2.47 bits per heavy atom. The highest BCUT2D eigenvalue weighted by Gasteiger charge is 2.22. The number of aliphatic carboxylic acids is 1. The second-order valence-electron chi connectivity index (χ2n) is 3.54. The molecule has 5 heteroatoms. The van der Waals surface area contributed by atoms with Gasteiger partial charge in [-0.3, -0.25) is 0 Å². The van der Waals surface area contributed by atoms with Crippen LogP contribution in [0, 0.1) is 0 Å². The fraction of sp³-hybridized carbons (Fsp3) is 0.900. The number of thioether (sulfide) groups is 1. The molecule has 3 atom stereocenters. The van der Waals surface area contributed by atoms with Gasteiger partial charge in [0.2, 0.25) is 0 Å². The van der Waals surface area contributed by atoms with Gasteiger partial charge < -0.3 is 14.9 Å². The molecule has 3 unspecified atom stereocenters. The van der Waals surface area contributed by atoms with Gasteiger partial charge in [0.1, 0.15) is 0 Å². The Hall–Kier alpha value is -0.260. The summed E-state index contributed by atoms with van der Waals surface area (Å²) in [6, 6.07) is 0. The van der Waals surface area contributed by atoms with E-state index in [1.807, 2.05) is 6.26 Å². The number of aliphatic hydroxyl groups is 1. The summed E-state index contributed by atoms with van der Waals surface area (Å²) in [4.78, 5) is 10.8. The lowest BCUT2D eigenvalue weighted by atomic mass is 10.2. The molecule has 0 radical (unpaired) electrons. The third-order valence-electron chi connectivity index (χ3n) is 2.15. The van der Waals surface area contributed by atoms with Gasteiger partial charge in [-0.05, 0) is 38.7 Å². The van der Waals surface area contributed by atoms with Crippen LogP contribution in [0.5, 0.6) is 0 Å². The number of ether oxygens (including phenoxy) is 1. The van der Waals surface area contributed by atoms with E-state index in [1.165, 1.54) is 0 Å². The van der Waals surface area contributed by atoms with E-state index < -0.39 is 24.3 Å². The zero-order chi connectivity index (χ0) is 11.8. The van der Waals surface area contributed by atoms with Crippen molar-refractivity contribution in [1.82, 2.24) is 0 Å². The first kappa shape index (κ1) is 14.7. The minimum atomic E-state index is -0.955. The van der Waals surface area contributed by atoms with E-state index in [0.717, 1.165) is 12.2 Å². The highest BCUT2D eigenvalue weighted by Crippen LogP contribution is 2.10. The van der Waals surface area contributed by atoms with Crippen LogP contribution in [0.3, 0.4) is 0 Å². The maximum absolute atomic E-state index is 10.8. The molecule has 90 valence electrons. The van der Waals surface area contributed by atoms with Crippen molar-refractivity contribution in [3.63, 3.8) is 0 Å². The summed E-state index contributed by atoms with van der Waals surface area (Å²) >= 11 is 1.68. The first-order valence-electron chi connectivity index (χ1n) is 5.04. The highest BCUT2D eigenvalue weighted by molar-refractivity contribution is 7.98. The Morgan fingerprint density at radius 1 is 1.47 bits per heavy atom. The molecule has 4 nitrogen and oxygen atoms in total. The third kappa shape index (κ3) is 6.76. The van der Waals surface area contributed by atoms with Gasteiger partial charge in [-0.25, -0.2) is 4.79 Å².